The summed E-state index contributed by atoms with van der Waals surface area (Å²) in [6.07, 6.45) is 1.43. The molecule has 0 saturated carbocycles. The maximum atomic E-state index is 13.7. The molecule has 0 unspecified atom stereocenters. The van der Waals surface area contributed by atoms with Crippen molar-refractivity contribution in [3.8, 4) is 0 Å². The number of anilines is 1. The van der Waals surface area contributed by atoms with Crippen molar-refractivity contribution >= 4 is 27.5 Å². The molecule has 0 aliphatic carbocycles. The van der Waals surface area contributed by atoms with E-state index in [0.29, 0.717) is 11.8 Å². The monoisotopic (exact) mass is 471 g/mol. The number of nitrogens with zero attached hydrogens (tertiary/aromatic N) is 1. The van der Waals surface area contributed by atoms with Crippen LogP contribution in [0.1, 0.15) is 20.7 Å². The van der Waals surface area contributed by atoms with Gasteiger partial charge in [0, 0.05) is 0 Å². The smallest absolute Gasteiger partial charge is 0.338 e. The van der Waals surface area contributed by atoms with E-state index in [0.717, 1.165) is 22.5 Å². The zero-order chi connectivity index (χ0) is 24.0. The van der Waals surface area contributed by atoms with Crippen LogP contribution in [0.4, 0.5) is 14.5 Å². The summed E-state index contributed by atoms with van der Waals surface area (Å²) in [6.45, 7) is 2.74. The van der Waals surface area contributed by atoms with Crippen molar-refractivity contribution in [1.82, 2.24) is 0 Å². The van der Waals surface area contributed by atoms with Crippen LogP contribution >= 0.6 is 0 Å². The summed E-state index contributed by atoms with van der Waals surface area (Å²) in [6, 6.07) is 15.8. The van der Waals surface area contributed by atoms with Crippen LogP contribution < -0.4 is 4.31 Å². The SMILES string of the molecule is C=CCN(c1ccccc1)S(=O)(=O)c1cccc(C(=O)OCC(=O)c2cc(F)ccc2F)c1. The van der Waals surface area contributed by atoms with E-state index in [1.807, 2.05) is 0 Å². The van der Waals surface area contributed by atoms with Gasteiger partial charge in [-0.2, -0.15) is 0 Å². The number of esters is 1. The van der Waals surface area contributed by atoms with Gasteiger partial charge >= 0.3 is 5.97 Å². The molecular weight excluding hydrogens is 452 g/mol. The number of Topliss-reactive ketones (excluding diaryl/α,β-unsaturated/α-hetero) is 1. The second-order valence-corrected chi connectivity index (χ2v) is 8.67. The number of ether oxygens (including phenoxy) is 1. The van der Waals surface area contributed by atoms with E-state index in [1.54, 1.807) is 30.3 Å². The van der Waals surface area contributed by atoms with E-state index in [2.05, 4.69) is 6.58 Å². The Balaban J connectivity index is 1.80. The first-order chi connectivity index (χ1) is 15.7. The predicted octanol–water partition coefficient (Wildman–Crippen LogP) is 4.39. The molecule has 0 N–H and O–H groups in total. The minimum absolute atomic E-state index is 0.00524. The Labute approximate surface area is 189 Å². The lowest BCUT2D eigenvalue weighted by Gasteiger charge is -2.23. The molecule has 0 saturated heterocycles. The highest BCUT2D eigenvalue weighted by atomic mass is 32.2. The van der Waals surface area contributed by atoms with E-state index in [1.165, 1.54) is 24.3 Å². The quantitative estimate of drug-likeness (QED) is 0.263. The summed E-state index contributed by atoms with van der Waals surface area (Å²) in [4.78, 5) is 24.3. The molecule has 0 radical (unpaired) electrons. The lowest BCUT2D eigenvalue weighted by molar-refractivity contribution is 0.0473. The van der Waals surface area contributed by atoms with E-state index >= 15 is 0 Å². The third kappa shape index (κ3) is 5.50. The van der Waals surface area contributed by atoms with Crippen LogP contribution in [0.2, 0.25) is 0 Å². The molecule has 0 aromatic heterocycles. The Hall–Kier alpha value is -3.85. The molecule has 3 aromatic carbocycles. The average molecular weight is 471 g/mol. The van der Waals surface area contributed by atoms with Crippen LogP contribution in [-0.4, -0.2) is 33.3 Å². The number of para-hydroxylation sites is 1. The molecule has 9 heteroatoms. The number of benzene rings is 3. The first kappa shape index (κ1) is 23.8. The number of rotatable bonds is 9. The van der Waals surface area contributed by atoms with Gasteiger partial charge in [-0.25, -0.2) is 22.0 Å². The van der Waals surface area contributed by atoms with Crippen molar-refractivity contribution in [1.29, 1.82) is 0 Å². The van der Waals surface area contributed by atoms with Gasteiger partial charge in [-0.05, 0) is 48.5 Å². The van der Waals surface area contributed by atoms with Gasteiger partial charge in [-0.15, -0.1) is 6.58 Å². The standard InChI is InChI=1S/C24H19F2NO5S/c1-2-13-27(19-8-4-3-5-9-19)33(30,31)20-10-6-7-17(14-20)24(29)32-16-23(28)21-15-18(25)11-12-22(21)26/h2-12,14-15H,1,13,16H2. The van der Waals surface area contributed by atoms with Crippen LogP contribution in [0, 0.1) is 11.6 Å². The largest absolute Gasteiger partial charge is 0.454 e. The molecule has 3 aromatic rings. The zero-order valence-corrected chi connectivity index (χ0v) is 18.1. The van der Waals surface area contributed by atoms with Crippen LogP contribution in [0.25, 0.3) is 0 Å². The molecule has 0 atom stereocenters. The molecule has 0 fully saturated rings. The molecule has 0 aliphatic heterocycles. The Morgan fingerprint density at radius 3 is 2.39 bits per heavy atom. The van der Waals surface area contributed by atoms with Gasteiger partial charge in [0.05, 0.1) is 28.3 Å². The van der Waals surface area contributed by atoms with Crippen LogP contribution in [-0.2, 0) is 14.8 Å². The fourth-order valence-corrected chi connectivity index (χ4v) is 4.45. The van der Waals surface area contributed by atoms with Crippen molar-refractivity contribution in [2.45, 2.75) is 4.90 Å². The maximum Gasteiger partial charge on any atom is 0.338 e. The van der Waals surface area contributed by atoms with E-state index in [9.17, 15) is 26.8 Å². The molecule has 3 rings (SSSR count). The highest BCUT2D eigenvalue weighted by Gasteiger charge is 2.25. The molecule has 6 nitrogen and oxygen atoms in total. The number of sulfonamides is 1. The number of hydrogen-bond donors (Lipinski definition) is 0. The maximum absolute atomic E-state index is 13.7. The Bertz CT molecular complexity index is 1290. The van der Waals surface area contributed by atoms with E-state index < -0.39 is 45.6 Å². The minimum atomic E-state index is -4.06. The van der Waals surface area contributed by atoms with E-state index in [4.69, 9.17) is 4.74 Å². The molecule has 33 heavy (non-hydrogen) atoms. The van der Waals surface area contributed by atoms with Gasteiger partial charge in [0.1, 0.15) is 11.6 Å². The number of hydrogen-bond acceptors (Lipinski definition) is 5. The average Bonchev–Trinajstić information content (AvgIpc) is 2.82. The number of carbonyl (C=O) groups is 2. The summed E-state index contributed by atoms with van der Waals surface area (Å²) in [5.74, 6) is -3.70. The van der Waals surface area contributed by atoms with Crippen molar-refractivity contribution < 1.29 is 31.5 Å². The summed E-state index contributed by atoms with van der Waals surface area (Å²) < 4.78 is 59.4. The van der Waals surface area contributed by atoms with Crippen LogP contribution in [0.3, 0.4) is 0 Å². The number of ketones is 1. The highest BCUT2D eigenvalue weighted by molar-refractivity contribution is 7.92. The fourth-order valence-electron chi connectivity index (χ4n) is 2.97. The molecule has 0 spiro atoms. The van der Waals surface area contributed by atoms with Gasteiger partial charge in [0.25, 0.3) is 10.0 Å². The summed E-state index contributed by atoms with van der Waals surface area (Å²) in [5.41, 5.74) is -0.273. The van der Waals surface area contributed by atoms with Gasteiger partial charge < -0.3 is 4.74 Å². The second-order valence-electron chi connectivity index (χ2n) is 6.81. The first-order valence-electron chi connectivity index (χ1n) is 9.68. The molecule has 170 valence electrons. The van der Waals surface area contributed by atoms with Crippen LogP contribution in [0.15, 0.2) is 90.3 Å². The van der Waals surface area contributed by atoms with Crippen molar-refractivity contribution in [2.75, 3.05) is 17.5 Å². The van der Waals surface area contributed by atoms with Crippen LogP contribution in [0.5, 0.6) is 0 Å². The molecule has 0 aliphatic rings. The normalized spacial score (nSPS) is 11.0. The lowest BCUT2D eigenvalue weighted by atomic mass is 10.1. The third-order valence-corrected chi connectivity index (χ3v) is 6.35. The summed E-state index contributed by atoms with van der Waals surface area (Å²) in [7, 11) is -4.06. The Morgan fingerprint density at radius 1 is 0.970 bits per heavy atom. The summed E-state index contributed by atoms with van der Waals surface area (Å²) >= 11 is 0. The number of carbonyl (C=O) groups excluding carboxylic acids is 2. The number of halogens is 2. The zero-order valence-electron chi connectivity index (χ0n) is 17.3. The first-order valence-corrected chi connectivity index (χ1v) is 11.1. The van der Waals surface area contributed by atoms with Gasteiger partial charge in [0.15, 0.2) is 6.61 Å². The third-order valence-electron chi connectivity index (χ3n) is 4.56. The topological polar surface area (TPSA) is 80.8 Å². The van der Waals surface area contributed by atoms with Crippen molar-refractivity contribution in [3.05, 3.63) is 108 Å². The van der Waals surface area contributed by atoms with Gasteiger partial charge in [-0.1, -0.05) is 30.3 Å². The molecule has 0 heterocycles. The Kier molecular flexibility index (Phi) is 7.34. The molecule has 0 bridgehead atoms. The second kappa shape index (κ2) is 10.2. The fraction of sp³-hybridized carbons (Fsp3) is 0.0833. The van der Waals surface area contributed by atoms with Crippen molar-refractivity contribution in [3.63, 3.8) is 0 Å². The predicted molar refractivity (Wildman–Crippen MR) is 119 cm³/mol. The Morgan fingerprint density at radius 2 is 1.70 bits per heavy atom. The highest BCUT2D eigenvalue weighted by Crippen LogP contribution is 2.24. The lowest BCUT2D eigenvalue weighted by Crippen LogP contribution is -2.31. The summed E-state index contributed by atoms with van der Waals surface area (Å²) in [5, 5.41) is 0. The molecule has 0 amide bonds. The van der Waals surface area contributed by atoms with Gasteiger partial charge in [-0.3, -0.25) is 9.10 Å². The van der Waals surface area contributed by atoms with E-state index in [-0.39, 0.29) is 17.0 Å². The molecular formula is C24H19F2NO5S. The minimum Gasteiger partial charge on any atom is -0.454 e. The van der Waals surface area contributed by atoms with Crippen molar-refractivity contribution in [2.24, 2.45) is 0 Å². The van der Waals surface area contributed by atoms with Gasteiger partial charge in [0.2, 0.25) is 5.78 Å².